The number of nitrogens with one attached hydrogen (secondary N) is 1. The molecule has 0 unspecified atom stereocenters. The Morgan fingerprint density at radius 1 is 1.10 bits per heavy atom. The monoisotopic (exact) mass is 297 g/mol. The molecule has 0 bridgehead atoms. The zero-order valence-electron chi connectivity index (χ0n) is 12.7. The summed E-state index contributed by atoms with van der Waals surface area (Å²) < 4.78 is 3.97. The molecule has 0 fully saturated rings. The smallest absolute Gasteiger partial charge is 0.151 e. The summed E-state index contributed by atoms with van der Waals surface area (Å²) in [6.07, 6.45) is 5.29. The molecule has 112 valence electrons. The highest BCUT2D eigenvalue weighted by Gasteiger charge is 2.07. The van der Waals surface area contributed by atoms with Crippen LogP contribution >= 0.6 is 12.4 Å². The fourth-order valence-corrected chi connectivity index (χ4v) is 2.11. The van der Waals surface area contributed by atoms with E-state index in [1.165, 1.54) is 11.1 Å². The van der Waals surface area contributed by atoms with Crippen LogP contribution in [0.1, 0.15) is 37.1 Å². The minimum Gasteiger partial charge on any atom is -0.364 e. The Morgan fingerprint density at radius 3 is 2.45 bits per heavy atom. The molecule has 2 aromatic heterocycles. The molecule has 0 saturated heterocycles. The van der Waals surface area contributed by atoms with Crippen LogP contribution in [0.4, 0.5) is 5.82 Å². The second-order valence-electron chi connectivity index (χ2n) is 4.87. The second-order valence-corrected chi connectivity index (χ2v) is 4.87. The topological polar surface area (TPSA) is 47.7 Å². The van der Waals surface area contributed by atoms with E-state index in [0.717, 1.165) is 37.6 Å². The van der Waals surface area contributed by atoms with Crippen LogP contribution in [0.15, 0.2) is 12.4 Å². The molecule has 0 amide bonds. The van der Waals surface area contributed by atoms with Gasteiger partial charge in [-0.05, 0) is 27.2 Å². The Kier molecular flexibility index (Phi) is 6.07. The third-order valence-corrected chi connectivity index (χ3v) is 3.22. The van der Waals surface area contributed by atoms with Gasteiger partial charge in [-0.1, -0.05) is 6.92 Å². The van der Waals surface area contributed by atoms with Gasteiger partial charge in [-0.15, -0.1) is 12.4 Å². The van der Waals surface area contributed by atoms with Crippen LogP contribution < -0.4 is 5.32 Å². The first kappa shape index (κ1) is 16.6. The van der Waals surface area contributed by atoms with E-state index < -0.39 is 0 Å². The number of anilines is 1. The van der Waals surface area contributed by atoms with E-state index in [9.17, 15) is 0 Å². The van der Waals surface area contributed by atoms with Gasteiger partial charge in [0.15, 0.2) is 5.82 Å². The van der Waals surface area contributed by atoms with Crippen LogP contribution in [-0.4, -0.2) is 19.6 Å². The van der Waals surface area contributed by atoms with Crippen molar-refractivity contribution in [1.82, 2.24) is 19.6 Å². The molecule has 0 aliphatic carbocycles. The lowest BCUT2D eigenvalue weighted by Crippen LogP contribution is -2.03. The first-order valence-corrected chi connectivity index (χ1v) is 6.94. The van der Waals surface area contributed by atoms with Gasteiger partial charge >= 0.3 is 0 Å². The highest BCUT2D eigenvalue weighted by atomic mass is 35.5. The van der Waals surface area contributed by atoms with E-state index in [-0.39, 0.29) is 12.4 Å². The second kappa shape index (κ2) is 7.33. The lowest BCUT2D eigenvalue weighted by Gasteiger charge is -2.02. The zero-order valence-corrected chi connectivity index (χ0v) is 13.5. The van der Waals surface area contributed by atoms with Crippen molar-refractivity contribution in [2.45, 2.75) is 53.8 Å². The standard InChI is InChI=1S/C14H23N5.ClH/c1-5-7-19-10-13(12(4)16-19)8-15-14-11(3)9-18(6-2)17-14;/h9-10H,5-8H2,1-4H3,(H,15,17);1H. The van der Waals surface area contributed by atoms with Crippen LogP contribution in [0.5, 0.6) is 0 Å². The third-order valence-electron chi connectivity index (χ3n) is 3.22. The van der Waals surface area contributed by atoms with Gasteiger partial charge in [-0.3, -0.25) is 9.36 Å². The van der Waals surface area contributed by atoms with Crippen LogP contribution in [0.25, 0.3) is 0 Å². The molecular weight excluding hydrogens is 274 g/mol. The zero-order chi connectivity index (χ0) is 13.8. The predicted octanol–water partition coefficient (Wildman–Crippen LogP) is 3.16. The van der Waals surface area contributed by atoms with E-state index in [1.54, 1.807) is 0 Å². The molecule has 2 aromatic rings. The maximum Gasteiger partial charge on any atom is 0.151 e. The molecule has 0 aliphatic heterocycles. The Labute approximate surface area is 126 Å². The van der Waals surface area contributed by atoms with E-state index >= 15 is 0 Å². The lowest BCUT2D eigenvalue weighted by molar-refractivity contribution is 0.598. The molecule has 0 radical (unpaired) electrons. The van der Waals surface area contributed by atoms with Crippen molar-refractivity contribution in [3.05, 3.63) is 29.2 Å². The van der Waals surface area contributed by atoms with Gasteiger partial charge in [0, 0.05) is 43.2 Å². The molecule has 1 N–H and O–H groups in total. The quantitative estimate of drug-likeness (QED) is 0.891. The molecule has 0 atom stereocenters. The molecule has 2 heterocycles. The Morgan fingerprint density at radius 2 is 1.85 bits per heavy atom. The van der Waals surface area contributed by atoms with Crippen LogP contribution in [0, 0.1) is 13.8 Å². The van der Waals surface area contributed by atoms with Crippen molar-refractivity contribution in [3.63, 3.8) is 0 Å². The first-order valence-electron chi connectivity index (χ1n) is 6.94. The number of nitrogens with zero attached hydrogens (tertiary/aromatic N) is 4. The van der Waals surface area contributed by atoms with Crippen molar-refractivity contribution in [1.29, 1.82) is 0 Å². The molecule has 0 aliphatic rings. The summed E-state index contributed by atoms with van der Waals surface area (Å²) in [6, 6.07) is 0. The molecule has 0 saturated carbocycles. The fraction of sp³-hybridized carbons (Fsp3) is 0.571. The van der Waals surface area contributed by atoms with Gasteiger partial charge in [0.25, 0.3) is 0 Å². The predicted molar refractivity (Wildman–Crippen MR) is 84.5 cm³/mol. The number of aryl methyl sites for hydroxylation is 4. The maximum atomic E-state index is 4.51. The highest BCUT2D eigenvalue weighted by molar-refractivity contribution is 5.85. The summed E-state index contributed by atoms with van der Waals surface area (Å²) in [7, 11) is 0. The SMILES string of the molecule is CCCn1cc(CNc2nn(CC)cc2C)c(C)n1.Cl. The number of aromatic nitrogens is 4. The minimum absolute atomic E-state index is 0. The van der Waals surface area contributed by atoms with E-state index in [2.05, 4.69) is 55.6 Å². The molecule has 0 spiro atoms. The van der Waals surface area contributed by atoms with Crippen LogP contribution in [-0.2, 0) is 19.6 Å². The van der Waals surface area contributed by atoms with Crippen molar-refractivity contribution >= 4 is 18.2 Å². The van der Waals surface area contributed by atoms with Crippen molar-refractivity contribution < 1.29 is 0 Å². The summed E-state index contributed by atoms with van der Waals surface area (Å²) in [5, 5.41) is 12.4. The van der Waals surface area contributed by atoms with E-state index in [0.29, 0.717) is 0 Å². The summed E-state index contributed by atoms with van der Waals surface area (Å²) >= 11 is 0. The molecule has 5 nitrogen and oxygen atoms in total. The number of halogens is 1. The van der Waals surface area contributed by atoms with Crippen molar-refractivity contribution in [3.8, 4) is 0 Å². The van der Waals surface area contributed by atoms with Gasteiger partial charge in [-0.25, -0.2) is 0 Å². The summed E-state index contributed by atoms with van der Waals surface area (Å²) in [4.78, 5) is 0. The molecule has 2 rings (SSSR count). The Hall–Kier alpha value is -1.49. The summed E-state index contributed by atoms with van der Waals surface area (Å²) in [5.41, 5.74) is 3.51. The average molecular weight is 298 g/mol. The molecule has 20 heavy (non-hydrogen) atoms. The number of rotatable bonds is 6. The van der Waals surface area contributed by atoms with Gasteiger partial charge < -0.3 is 5.32 Å². The number of hydrogen-bond donors (Lipinski definition) is 1. The Balaban J connectivity index is 0.00000200. The van der Waals surface area contributed by atoms with E-state index in [4.69, 9.17) is 0 Å². The molecule has 6 heteroatoms. The van der Waals surface area contributed by atoms with Crippen molar-refractivity contribution in [2.75, 3.05) is 5.32 Å². The normalized spacial score (nSPS) is 10.4. The third kappa shape index (κ3) is 3.76. The van der Waals surface area contributed by atoms with Crippen molar-refractivity contribution in [2.24, 2.45) is 0 Å². The van der Waals surface area contributed by atoms with Gasteiger partial charge in [-0.2, -0.15) is 10.2 Å². The highest BCUT2D eigenvalue weighted by Crippen LogP contribution is 2.14. The minimum atomic E-state index is 0. The largest absolute Gasteiger partial charge is 0.364 e. The molecule has 0 aromatic carbocycles. The number of hydrogen-bond acceptors (Lipinski definition) is 3. The van der Waals surface area contributed by atoms with Crippen LogP contribution in [0.3, 0.4) is 0 Å². The average Bonchev–Trinajstić information content (AvgIpc) is 2.91. The lowest BCUT2D eigenvalue weighted by atomic mass is 10.2. The maximum absolute atomic E-state index is 4.51. The first-order chi connectivity index (χ1) is 9.13. The Bertz CT molecular complexity index is 544. The summed E-state index contributed by atoms with van der Waals surface area (Å²) in [6.45, 7) is 11.0. The van der Waals surface area contributed by atoms with Gasteiger partial charge in [0.2, 0.25) is 0 Å². The summed E-state index contributed by atoms with van der Waals surface area (Å²) in [5.74, 6) is 0.962. The fourth-order valence-electron chi connectivity index (χ4n) is 2.11. The van der Waals surface area contributed by atoms with Gasteiger partial charge in [0.05, 0.1) is 5.69 Å². The van der Waals surface area contributed by atoms with E-state index in [1.807, 2.05) is 9.36 Å². The van der Waals surface area contributed by atoms with Gasteiger partial charge in [0.1, 0.15) is 0 Å². The molecular formula is C14H24ClN5. The van der Waals surface area contributed by atoms with Crippen LogP contribution in [0.2, 0.25) is 0 Å².